The van der Waals surface area contributed by atoms with Crippen molar-refractivity contribution in [1.29, 1.82) is 0 Å². The molecule has 0 aliphatic rings. The molecule has 0 aliphatic carbocycles. The molecule has 10 nitrogen and oxygen atoms in total. The van der Waals surface area contributed by atoms with Gasteiger partial charge in [0.1, 0.15) is 19.3 Å². The molecule has 0 radical (unpaired) electrons. The molecule has 2 heterocycles. The topological polar surface area (TPSA) is 126 Å². The minimum Gasteiger partial charge on any atom is -0.461 e. The van der Waals surface area contributed by atoms with Crippen molar-refractivity contribution in [2.75, 3.05) is 25.2 Å². The fourth-order valence-electron chi connectivity index (χ4n) is 1.33. The fourth-order valence-corrected chi connectivity index (χ4v) is 1.33. The van der Waals surface area contributed by atoms with E-state index in [0.717, 1.165) is 6.42 Å². The van der Waals surface area contributed by atoms with Crippen molar-refractivity contribution in [3.8, 4) is 12.0 Å². The van der Waals surface area contributed by atoms with Crippen LogP contribution in [-0.2, 0) is 4.74 Å². The molecule has 0 saturated heterocycles. The number of nitrogens with zero attached hydrogens (tertiary/aromatic N) is 6. The van der Waals surface area contributed by atoms with E-state index in [4.69, 9.17) is 15.3 Å². The highest BCUT2D eigenvalue weighted by Gasteiger charge is 2.09. The first-order valence-corrected chi connectivity index (χ1v) is 6.11. The first kappa shape index (κ1) is 14.1. The number of rotatable bonds is 8. The van der Waals surface area contributed by atoms with E-state index >= 15 is 0 Å². The second kappa shape index (κ2) is 7.31. The van der Waals surface area contributed by atoms with Crippen LogP contribution in [0.15, 0.2) is 12.7 Å². The van der Waals surface area contributed by atoms with Crippen LogP contribution in [0, 0.1) is 0 Å². The maximum Gasteiger partial charge on any atom is 0.323 e. The summed E-state index contributed by atoms with van der Waals surface area (Å²) in [6, 6.07) is 0.138. The molecule has 0 saturated carbocycles. The Kier molecular flexibility index (Phi) is 5.15. The molecule has 0 bridgehead atoms. The van der Waals surface area contributed by atoms with Gasteiger partial charge in [0.15, 0.2) is 0 Å². The number of hydrogen-bond acceptors (Lipinski definition) is 9. The van der Waals surface area contributed by atoms with Crippen LogP contribution in [0.3, 0.4) is 0 Å². The Morgan fingerprint density at radius 3 is 2.85 bits per heavy atom. The number of ether oxygens (including phenoxy) is 2. The molecule has 0 aromatic carbocycles. The number of hydrazine groups is 1. The van der Waals surface area contributed by atoms with Crippen molar-refractivity contribution in [3.63, 3.8) is 0 Å². The van der Waals surface area contributed by atoms with Gasteiger partial charge in [-0.2, -0.15) is 24.7 Å². The number of hydrogen-bond donors (Lipinski definition) is 2. The zero-order chi connectivity index (χ0) is 14.2. The van der Waals surface area contributed by atoms with Gasteiger partial charge in [-0.05, 0) is 6.42 Å². The quantitative estimate of drug-likeness (QED) is 0.375. The number of nitrogens with two attached hydrogens (primary N) is 1. The van der Waals surface area contributed by atoms with Crippen LogP contribution in [0.5, 0.6) is 6.01 Å². The van der Waals surface area contributed by atoms with E-state index in [9.17, 15) is 0 Å². The zero-order valence-electron chi connectivity index (χ0n) is 11.1. The lowest BCUT2D eigenvalue weighted by atomic mass is 10.5. The lowest BCUT2D eigenvalue weighted by Gasteiger charge is -2.07. The predicted octanol–water partition coefficient (Wildman–Crippen LogP) is -0.457. The summed E-state index contributed by atoms with van der Waals surface area (Å²) in [7, 11) is 0. The number of aromatic nitrogens is 6. The maximum atomic E-state index is 5.39. The van der Waals surface area contributed by atoms with E-state index in [2.05, 4.69) is 30.5 Å². The molecule has 108 valence electrons. The Bertz CT molecular complexity index is 518. The minimum absolute atomic E-state index is 0.138. The van der Waals surface area contributed by atoms with Crippen molar-refractivity contribution in [2.45, 2.75) is 13.3 Å². The van der Waals surface area contributed by atoms with Crippen LogP contribution in [0.25, 0.3) is 5.95 Å². The monoisotopic (exact) mass is 280 g/mol. The molecule has 20 heavy (non-hydrogen) atoms. The van der Waals surface area contributed by atoms with E-state index in [0.29, 0.717) is 19.8 Å². The average Bonchev–Trinajstić information content (AvgIpc) is 3.01. The molecule has 10 heteroatoms. The third-order valence-electron chi connectivity index (χ3n) is 2.16. The minimum atomic E-state index is 0.138. The molecule has 0 aliphatic heterocycles. The van der Waals surface area contributed by atoms with Gasteiger partial charge in [-0.15, -0.1) is 0 Å². The number of nitrogen functional groups attached to an aromatic ring is 1. The molecule has 2 aromatic heterocycles. The second-order valence-corrected chi connectivity index (χ2v) is 3.69. The summed E-state index contributed by atoms with van der Waals surface area (Å²) in [6.45, 7) is 3.53. The first-order chi connectivity index (χ1) is 9.83. The van der Waals surface area contributed by atoms with Gasteiger partial charge in [-0.25, -0.2) is 10.8 Å². The van der Waals surface area contributed by atoms with Crippen LogP contribution in [0.1, 0.15) is 13.3 Å². The standard InChI is InChI=1S/C10H16N8O2/c1-2-3-19-4-5-20-10-15-8(17-11)14-9(16-10)18-7-12-6-13-18/h6-7H,2-5,11H2,1H3,(H,14,15,16,17). The summed E-state index contributed by atoms with van der Waals surface area (Å²) in [6.07, 6.45) is 3.80. The highest BCUT2D eigenvalue weighted by atomic mass is 16.5. The Morgan fingerprint density at radius 1 is 1.25 bits per heavy atom. The van der Waals surface area contributed by atoms with Gasteiger partial charge in [0, 0.05) is 6.61 Å². The van der Waals surface area contributed by atoms with Crippen LogP contribution < -0.4 is 16.0 Å². The Morgan fingerprint density at radius 2 is 2.15 bits per heavy atom. The van der Waals surface area contributed by atoms with Gasteiger partial charge in [0.25, 0.3) is 5.95 Å². The smallest absolute Gasteiger partial charge is 0.323 e. The molecule has 2 rings (SSSR count). The second-order valence-electron chi connectivity index (χ2n) is 3.69. The van der Waals surface area contributed by atoms with Crippen molar-refractivity contribution >= 4 is 5.95 Å². The highest BCUT2D eigenvalue weighted by molar-refractivity contribution is 5.27. The Labute approximate surface area is 115 Å². The van der Waals surface area contributed by atoms with Crippen molar-refractivity contribution in [3.05, 3.63) is 12.7 Å². The molecule has 2 aromatic rings. The van der Waals surface area contributed by atoms with Gasteiger partial charge in [-0.3, -0.25) is 5.43 Å². The maximum absolute atomic E-state index is 5.39. The summed E-state index contributed by atoms with van der Waals surface area (Å²) in [5, 5.41) is 3.93. The molecule has 0 spiro atoms. The van der Waals surface area contributed by atoms with Gasteiger partial charge in [0.2, 0.25) is 5.95 Å². The summed E-state index contributed by atoms with van der Waals surface area (Å²) in [4.78, 5) is 15.9. The largest absolute Gasteiger partial charge is 0.461 e. The third-order valence-corrected chi connectivity index (χ3v) is 2.16. The van der Waals surface area contributed by atoms with E-state index in [1.54, 1.807) is 0 Å². The molecular weight excluding hydrogens is 264 g/mol. The lowest BCUT2D eigenvalue weighted by Crippen LogP contribution is -2.16. The van der Waals surface area contributed by atoms with Crippen LogP contribution in [-0.4, -0.2) is 49.5 Å². The number of nitrogens with one attached hydrogen (secondary N) is 1. The fraction of sp³-hybridized carbons (Fsp3) is 0.500. The average molecular weight is 280 g/mol. The third kappa shape index (κ3) is 3.83. The van der Waals surface area contributed by atoms with Crippen LogP contribution >= 0.6 is 0 Å². The number of anilines is 1. The normalized spacial score (nSPS) is 10.5. The Hall–Kier alpha value is -2.33. The lowest BCUT2D eigenvalue weighted by molar-refractivity contribution is 0.0971. The van der Waals surface area contributed by atoms with Crippen LogP contribution in [0.2, 0.25) is 0 Å². The van der Waals surface area contributed by atoms with Crippen molar-refractivity contribution in [1.82, 2.24) is 29.7 Å². The van der Waals surface area contributed by atoms with E-state index in [-0.39, 0.29) is 17.9 Å². The summed E-state index contributed by atoms with van der Waals surface area (Å²) in [5.74, 6) is 5.74. The van der Waals surface area contributed by atoms with E-state index < -0.39 is 0 Å². The van der Waals surface area contributed by atoms with Crippen molar-refractivity contribution < 1.29 is 9.47 Å². The molecule has 3 N–H and O–H groups in total. The molecule has 0 amide bonds. The molecule has 0 fully saturated rings. The van der Waals surface area contributed by atoms with Crippen molar-refractivity contribution in [2.24, 2.45) is 5.84 Å². The van der Waals surface area contributed by atoms with Gasteiger partial charge in [0.05, 0.1) is 6.61 Å². The zero-order valence-corrected chi connectivity index (χ0v) is 11.1. The summed E-state index contributed by atoms with van der Waals surface area (Å²) >= 11 is 0. The molecule has 0 atom stereocenters. The molecule has 0 unspecified atom stereocenters. The van der Waals surface area contributed by atoms with Gasteiger partial charge in [-0.1, -0.05) is 6.92 Å². The van der Waals surface area contributed by atoms with E-state index in [1.165, 1.54) is 17.3 Å². The molecular formula is C10H16N8O2. The van der Waals surface area contributed by atoms with Crippen LogP contribution in [0.4, 0.5) is 5.95 Å². The van der Waals surface area contributed by atoms with Gasteiger partial charge >= 0.3 is 6.01 Å². The van der Waals surface area contributed by atoms with Gasteiger partial charge < -0.3 is 9.47 Å². The first-order valence-electron chi connectivity index (χ1n) is 6.11. The Balaban J connectivity index is 2.03. The SMILES string of the molecule is CCCOCCOc1nc(NN)nc(-n2cncn2)n1. The predicted molar refractivity (Wildman–Crippen MR) is 69.2 cm³/mol. The highest BCUT2D eigenvalue weighted by Crippen LogP contribution is 2.09. The summed E-state index contributed by atoms with van der Waals surface area (Å²) < 4.78 is 12.1. The van der Waals surface area contributed by atoms with E-state index in [1.807, 2.05) is 6.92 Å². The summed E-state index contributed by atoms with van der Waals surface area (Å²) in [5.41, 5.74) is 2.35.